The summed E-state index contributed by atoms with van der Waals surface area (Å²) in [5.74, 6) is 0.114. The van der Waals surface area contributed by atoms with Crippen LogP contribution < -0.4 is 0 Å². The molecule has 5 heteroatoms. The maximum atomic E-state index is 13.2. The molecule has 4 rings (SSSR count). The molecule has 1 aromatic heterocycles. The molecule has 1 aliphatic carbocycles. The first-order valence-corrected chi connectivity index (χ1v) is 9.18. The number of amides is 1. The highest BCUT2D eigenvalue weighted by atomic mass is 32.1. The van der Waals surface area contributed by atoms with Crippen molar-refractivity contribution in [1.82, 2.24) is 4.90 Å². The van der Waals surface area contributed by atoms with Crippen molar-refractivity contribution < 1.29 is 14.3 Å². The largest absolute Gasteiger partial charge is 0.374 e. The molecule has 1 aromatic carbocycles. The zero-order valence-electron chi connectivity index (χ0n) is 13.2. The monoisotopic (exact) mass is 331 g/mol. The number of hydrogen-bond acceptors (Lipinski definition) is 4. The Kier molecular flexibility index (Phi) is 4.09. The standard InChI is InChI=1S/C18H21NO3S/c1-2-21-17-14-7-8-15(17)22-10-9-19(14)18(20)13-11-23-16-6-4-3-5-12(13)16/h3-6,11,14-15,17H,2,7-10H2,1H3/t14-,15-,17+/m1/s1. The molecule has 1 amide bonds. The van der Waals surface area contributed by atoms with Crippen LogP contribution in [0, 0.1) is 0 Å². The Bertz CT molecular complexity index is 713. The van der Waals surface area contributed by atoms with Crippen LogP contribution in [-0.4, -0.2) is 48.8 Å². The third-order valence-electron chi connectivity index (χ3n) is 4.89. The normalized spacial score (nSPS) is 27.3. The number of ether oxygens (including phenoxy) is 2. The molecule has 122 valence electrons. The molecule has 1 saturated heterocycles. The molecule has 2 heterocycles. The second-order valence-electron chi connectivity index (χ2n) is 6.12. The first-order chi connectivity index (χ1) is 11.3. The van der Waals surface area contributed by atoms with Gasteiger partial charge < -0.3 is 14.4 Å². The van der Waals surface area contributed by atoms with Gasteiger partial charge in [0.2, 0.25) is 0 Å². The number of fused-ring (bicyclic) bond motifs is 3. The minimum atomic E-state index is 0.0105. The van der Waals surface area contributed by atoms with Crippen LogP contribution in [-0.2, 0) is 9.47 Å². The van der Waals surface area contributed by atoms with E-state index in [4.69, 9.17) is 9.47 Å². The van der Waals surface area contributed by atoms with Crippen molar-refractivity contribution in [1.29, 1.82) is 0 Å². The maximum absolute atomic E-state index is 13.2. The lowest BCUT2D eigenvalue weighted by Crippen LogP contribution is -2.46. The lowest BCUT2D eigenvalue weighted by Gasteiger charge is -2.31. The van der Waals surface area contributed by atoms with Gasteiger partial charge in [0.25, 0.3) is 5.91 Å². The highest BCUT2D eigenvalue weighted by molar-refractivity contribution is 7.17. The molecule has 0 spiro atoms. The molecular weight excluding hydrogens is 310 g/mol. The van der Waals surface area contributed by atoms with Gasteiger partial charge in [-0.05, 0) is 25.8 Å². The molecule has 2 fully saturated rings. The molecule has 1 aliphatic heterocycles. The third-order valence-corrected chi connectivity index (χ3v) is 5.85. The van der Waals surface area contributed by atoms with Crippen LogP contribution in [0.15, 0.2) is 29.6 Å². The lowest BCUT2D eigenvalue weighted by atomic mass is 10.1. The van der Waals surface area contributed by atoms with Crippen molar-refractivity contribution in [3.8, 4) is 0 Å². The van der Waals surface area contributed by atoms with Gasteiger partial charge in [-0.25, -0.2) is 0 Å². The highest BCUT2D eigenvalue weighted by Crippen LogP contribution is 2.34. The molecule has 1 saturated carbocycles. The number of benzene rings is 1. The highest BCUT2D eigenvalue weighted by Gasteiger charge is 2.44. The summed E-state index contributed by atoms with van der Waals surface area (Å²) in [6.07, 6.45) is 2.08. The van der Waals surface area contributed by atoms with Gasteiger partial charge in [0.05, 0.1) is 24.3 Å². The van der Waals surface area contributed by atoms with Gasteiger partial charge >= 0.3 is 0 Å². The van der Waals surface area contributed by atoms with E-state index in [2.05, 4.69) is 6.07 Å². The quantitative estimate of drug-likeness (QED) is 0.866. The number of hydrogen-bond donors (Lipinski definition) is 0. The van der Waals surface area contributed by atoms with E-state index in [1.54, 1.807) is 11.3 Å². The predicted octanol–water partition coefficient (Wildman–Crippen LogP) is 3.31. The Balaban J connectivity index is 1.67. The molecule has 23 heavy (non-hydrogen) atoms. The topological polar surface area (TPSA) is 38.8 Å². The van der Waals surface area contributed by atoms with Crippen molar-refractivity contribution in [2.75, 3.05) is 19.8 Å². The van der Waals surface area contributed by atoms with Crippen LogP contribution in [0.1, 0.15) is 30.1 Å². The summed E-state index contributed by atoms with van der Waals surface area (Å²) >= 11 is 1.63. The van der Waals surface area contributed by atoms with E-state index in [0.717, 1.165) is 28.5 Å². The van der Waals surface area contributed by atoms with Crippen molar-refractivity contribution >= 4 is 27.3 Å². The predicted molar refractivity (Wildman–Crippen MR) is 91.0 cm³/mol. The van der Waals surface area contributed by atoms with Crippen LogP contribution in [0.4, 0.5) is 0 Å². The smallest absolute Gasteiger partial charge is 0.255 e. The van der Waals surface area contributed by atoms with Crippen molar-refractivity contribution in [2.24, 2.45) is 0 Å². The van der Waals surface area contributed by atoms with Crippen LogP contribution in [0.3, 0.4) is 0 Å². The van der Waals surface area contributed by atoms with Gasteiger partial charge in [0, 0.05) is 28.6 Å². The molecule has 2 aliphatic rings. The van der Waals surface area contributed by atoms with Crippen LogP contribution in [0.25, 0.3) is 10.1 Å². The summed E-state index contributed by atoms with van der Waals surface area (Å²) in [4.78, 5) is 15.2. The van der Waals surface area contributed by atoms with Crippen molar-refractivity contribution in [3.63, 3.8) is 0 Å². The molecule has 0 radical (unpaired) electrons. The van der Waals surface area contributed by atoms with E-state index in [-0.39, 0.29) is 24.2 Å². The fourth-order valence-corrected chi connectivity index (χ4v) is 4.79. The molecular formula is C18H21NO3S. The van der Waals surface area contributed by atoms with Gasteiger partial charge in [0.1, 0.15) is 6.10 Å². The zero-order valence-corrected chi connectivity index (χ0v) is 14.1. The zero-order chi connectivity index (χ0) is 15.8. The first-order valence-electron chi connectivity index (χ1n) is 8.30. The molecule has 0 N–H and O–H groups in total. The Morgan fingerprint density at radius 3 is 3.13 bits per heavy atom. The van der Waals surface area contributed by atoms with Gasteiger partial charge in [-0.2, -0.15) is 0 Å². The Labute approximate surface area is 140 Å². The fraction of sp³-hybridized carbons (Fsp3) is 0.500. The molecule has 4 nitrogen and oxygen atoms in total. The molecule has 0 unspecified atom stereocenters. The molecule has 2 bridgehead atoms. The van der Waals surface area contributed by atoms with E-state index in [1.807, 2.05) is 35.4 Å². The number of carbonyl (C=O) groups is 1. The summed E-state index contributed by atoms with van der Waals surface area (Å²) in [5, 5.41) is 3.04. The first kappa shape index (κ1) is 15.1. The number of rotatable bonds is 3. The Morgan fingerprint density at radius 2 is 2.26 bits per heavy atom. The Hall–Kier alpha value is -1.43. The van der Waals surface area contributed by atoms with E-state index < -0.39 is 0 Å². The number of nitrogens with zero attached hydrogens (tertiary/aromatic N) is 1. The second kappa shape index (κ2) is 6.23. The average molecular weight is 331 g/mol. The number of thiophene rings is 1. The van der Waals surface area contributed by atoms with E-state index in [0.29, 0.717) is 19.8 Å². The lowest BCUT2D eigenvalue weighted by molar-refractivity contribution is -0.0484. The van der Waals surface area contributed by atoms with Crippen LogP contribution in [0.5, 0.6) is 0 Å². The van der Waals surface area contributed by atoms with Crippen molar-refractivity contribution in [3.05, 3.63) is 35.2 Å². The van der Waals surface area contributed by atoms with E-state index in [9.17, 15) is 4.79 Å². The van der Waals surface area contributed by atoms with Crippen LogP contribution in [0.2, 0.25) is 0 Å². The maximum Gasteiger partial charge on any atom is 0.255 e. The minimum Gasteiger partial charge on any atom is -0.374 e. The summed E-state index contributed by atoms with van der Waals surface area (Å²) in [6, 6.07) is 8.24. The SMILES string of the molecule is CCO[C@H]1[C@H]2CC[C@H]1OCCN2C(=O)c1csc2ccccc12. The summed E-state index contributed by atoms with van der Waals surface area (Å²) in [6.45, 7) is 3.90. The summed E-state index contributed by atoms with van der Waals surface area (Å²) in [5.41, 5.74) is 0.811. The fourth-order valence-electron chi connectivity index (χ4n) is 3.85. The summed E-state index contributed by atoms with van der Waals surface area (Å²) < 4.78 is 13.0. The average Bonchev–Trinajstić information content (AvgIpc) is 3.09. The van der Waals surface area contributed by atoms with Crippen molar-refractivity contribution in [2.45, 2.75) is 38.0 Å². The molecule has 3 atom stereocenters. The van der Waals surface area contributed by atoms with Gasteiger partial charge in [-0.1, -0.05) is 18.2 Å². The minimum absolute atomic E-state index is 0.0105. The van der Waals surface area contributed by atoms with E-state index >= 15 is 0 Å². The Morgan fingerprint density at radius 1 is 1.39 bits per heavy atom. The van der Waals surface area contributed by atoms with E-state index in [1.165, 1.54) is 0 Å². The number of carbonyl (C=O) groups excluding carboxylic acids is 1. The molecule has 2 aromatic rings. The second-order valence-corrected chi connectivity index (χ2v) is 7.03. The third kappa shape index (κ3) is 2.57. The van der Waals surface area contributed by atoms with Crippen LogP contribution >= 0.6 is 11.3 Å². The summed E-state index contributed by atoms with van der Waals surface area (Å²) in [7, 11) is 0. The van der Waals surface area contributed by atoms with Gasteiger partial charge in [0.15, 0.2) is 0 Å². The van der Waals surface area contributed by atoms with Gasteiger partial charge in [-0.15, -0.1) is 11.3 Å². The van der Waals surface area contributed by atoms with Gasteiger partial charge in [-0.3, -0.25) is 4.79 Å².